The number of esters is 1. The minimum atomic E-state index is -0.664. The number of allylic oxidation sites excluding steroid dienone is 1. The van der Waals surface area contributed by atoms with Crippen LogP contribution in [0.4, 0.5) is 5.69 Å². The number of carbonyl (C=O) groups is 1. The van der Waals surface area contributed by atoms with Crippen molar-refractivity contribution in [3.8, 4) is 11.5 Å². The molecule has 0 fully saturated rings. The van der Waals surface area contributed by atoms with Crippen LogP contribution in [0.15, 0.2) is 61.9 Å². The number of carbonyl (C=O) groups excluding carboxylic acids is 1. The molecule has 1 atom stereocenters. The van der Waals surface area contributed by atoms with Crippen LogP contribution in [0.2, 0.25) is 0 Å². The second kappa shape index (κ2) is 10.9. The van der Waals surface area contributed by atoms with Crippen molar-refractivity contribution in [2.75, 3.05) is 39.8 Å². The lowest BCUT2D eigenvalue weighted by Gasteiger charge is -2.25. The van der Waals surface area contributed by atoms with E-state index in [0.29, 0.717) is 32.1 Å². The predicted molar refractivity (Wildman–Crippen MR) is 148 cm³/mol. The van der Waals surface area contributed by atoms with E-state index in [-0.39, 0.29) is 12.2 Å². The molecule has 3 aromatic rings. The molecule has 194 valence electrons. The number of hydrogen-bond donors (Lipinski definition) is 0. The number of methoxy groups -OCH3 is 2. The Labute approximate surface area is 227 Å². The van der Waals surface area contributed by atoms with E-state index in [1.54, 1.807) is 50.8 Å². The summed E-state index contributed by atoms with van der Waals surface area (Å²) in [6.45, 7) is 3.75. The minimum absolute atomic E-state index is 0.222. The number of halogens is 1. The van der Waals surface area contributed by atoms with E-state index in [1.807, 2.05) is 43.3 Å². The van der Waals surface area contributed by atoms with Crippen molar-refractivity contribution >= 4 is 45.0 Å². The molecule has 0 radical (unpaired) electrons. The summed E-state index contributed by atoms with van der Waals surface area (Å²) >= 11 is 4.83. The lowest BCUT2D eigenvalue weighted by Crippen LogP contribution is -2.40. The smallest absolute Gasteiger partial charge is 0.338 e. The summed E-state index contributed by atoms with van der Waals surface area (Å²) in [4.78, 5) is 34.0. The van der Waals surface area contributed by atoms with Gasteiger partial charge in [0.1, 0.15) is 0 Å². The van der Waals surface area contributed by atoms with Crippen molar-refractivity contribution in [2.45, 2.75) is 19.9 Å². The van der Waals surface area contributed by atoms with Crippen LogP contribution in [0.5, 0.6) is 11.5 Å². The average molecular weight is 587 g/mol. The molecule has 0 saturated carbocycles. The number of anilines is 1. The minimum Gasteiger partial charge on any atom is -0.493 e. The van der Waals surface area contributed by atoms with Crippen molar-refractivity contribution in [3.63, 3.8) is 0 Å². The molecule has 4 rings (SSSR count). The van der Waals surface area contributed by atoms with Crippen molar-refractivity contribution in [1.29, 1.82) is 0 Å². The van der Waals surface area contributed by atoms with Crippen LogP contribution in [0.1, 0.15) is 31.0 Å². The summed E-state index contributed by atoms with van der Waals surface area (Å²) in [6.07, 6.45) is 1.78. The second-order valence-corrected chi connectivity index (χ2v) is 10.4. The quantitative estimate of drug-likeness (QED) is 0.394. The van der Waals surface area contributed by atoms with Crippen molar-refractivity contribution < 1.29 is 19.0 Å². The van der Waals surface area contributed by atoms with E-state index in [0.717, 1.165) is 21.3 Å². The maximum absolute atomic E-state index is 13.8. The molecule has 8 nitrogen and oxygen atoms in total. The standard InChI is InChI=1S/C27H28BrN3O5S/c1-7-36-26(33)23-15(2)29-27-31(24(23)16-8-10-18(11-9-16)30(3)4)25(32)22(37-27)13-17-12-20(34-5)21(35-6)14-19(17)28/h8-14,24H,7H2,1-6H3/t24-/m1/s1. The number of aromatic nitrogens is 1. The molecule has 0 saturated heterocycles. The topological polar surface area (TPSA) is 82.4 Å². The molecular weight excluding hydrogens is 558 g/mol. The third kappa shape index (κ3) is 5.08. The molecule has 0 amide bonds. The highest BCUT2D eigenvalue weighted by molar-refractivity contribution is 9.10. The third-order valence-corrected chi connectivity index (χ3v) is 7.70. The SMILES string of the molecule is CCOC(=O)C1=C(C)N=c2sc(=Cc3cc(OC)c(OC)cc3Br)c(=O)n2[C@@H]1c1ccc(N(C)C)cc1. The monoisotopic (exact) mass is 585 g/mol. The second-order valence-electron chi connectivity index (χ2n) is 8.52. The molecule has 0 N–H and O–H groups in total. The number of hydrogen-bond acceptors (Lipinski definition) is 8. The van der Waals surface area contributed by atoms with Crippen LogP contribution < -0.4 is 29.3 Å². The zero-order valence-corrected chi connectivity index (χ0v) is 23.9. The van der Waals surface area contributed by atoms with E-state index in [4.69, 9.17) is 14.2 Å². The first-order valence-electron chi connectivity index (χ1n) is 11.6. The molecule has 0 bridgehead atoms. The molecule has 10 heteroatoms. The Hall–Kier alpha value is -3.37. The van der Waals surface area contributed by atoms with Crippen LogP contribution >= 0.6 is 27.3 Å². The van der Waals surface area contributed by atoms with Gasteiger partial charge in [0.2, 0.25) is 0 Å². The normalized spacial score (nSPS) is 15.2. The van der Waals surface area contributed by atoms with Crippen LogP contribution in [0, 0.1) is 0 Å². The first-order chi connectivity index (χ1) is 17.7. The number of fused-ring (bicyclic) bond motifs is 1. The predicted octanol–water partition coefficient (Wildman–Crippen LogP) is 3.64. The number of rotatable bonds is 7. The molecule has 2 aromatic carbocycles. The largest absolute Gasteiger partial charge is 0.493 e. The Morgan fingerprint density at radius 1 is 1.16 bits per heavy atom. The fourth-order valence-corrected chi connectivity index (χ4v) is 5.66. The van der Waals surface area contributed by atoms with Gasteiger partial charge < -0.3 is 19.1 Å². The van der Waals surface area contributed by atoms with Gasteiger partial charge in [0.15, 0.2) is 16.3 Å². The van der Waals surface area contributed by atoms with E-state index in [9.17, 15) is 9.59 Å². The van der Waals surface area contributed by atoms with Crippen LogP contribution in [-0.2, 0) is 9.53 Å². The van der Waals surface area contributed by atoms with Gasteiger partial charge in [-0.05, 0) is 55.3 Å². The van der Waals surface area contributed by atoms with Crippen LogP contribution in [0.3, 0.4) is 0 Å². The van der Waals surface area contributed by atoms with Gasteiger partial charge in [0.05, 0.1) is 42.7 Å². The molecule has 1 aliphatic rings. The summed E-state index contributed by atoms with van der Waals surface area (Å²) in [5, 5.41) is 0. The Morgan fingerprint density at radius 3 is 2.41 bits per heavy atom. The number of thiazole rings is 1. The Kier molecular flexibility index (Phi) is 7.89. The number of benzene rings is 2. The average Bonchev–Trinajstić information content (AvgIpc) is 3.18. The Morgan fingerprint density at radius 2 is 1.81 bits per heavy atom. The summed E-state index contributed by atoms with van der Waals surface area (Å²) < 4.78 is 19.0. The highest BCUT2D eigenvalue weighted by Crippen LogP contribution is 2.34. The van der Waals surface area contributed by atoms with Gasteiger partial charge in [0, 0.05) is 24.3 Å². The van der Waals surface area contributed by atoms with Gasteiger partial charge in [-0.1, -0.05) is 39.4 Å². The molecule has 1 aromatic heterocycles. The summed E-state index contributed by atoms with van der Waals surface area (Å²) in [7, 11) is 7.04. The first-order valence-corrected chi connectivity index (χ1v) is 13.2. The van der Waals surface area contributed by atoms with Crippen LogP contribution in [-0.4, -0.2) is 45.5 Å². The highest BCUT2D eigenvalue weighted by atomic mass is 79.9. The van der Waals surface area contributed by atoms with E-state index in [1.165, 1.54) is 11.3 Å². The van der Waals surface area contributed by atoms with Gasteiger partial charge in [-0.25, -0.2) is 9.79 Å². The van der Waals surface area contributed by atoms with E-state index < -0.39 is 12.0 Å². The van der Waals surface area contributed by atoms with Gasteiger partial charge in [-0.15, -0.1) is 0 Å². The Bertz CT molecular complexity index is 1550. The third-order valence-electron chi connectivity index (χ3n) is 6.03. The summed E-state index contributed by atoms with van der Waals surface area (Å²) in [6, 6.07) is 10.7. The van der Waals surface area contributed by atoms with Crippen LogP contribution in [0.25, 0.3) is 6.08 Å². The molecule has 0 unspecified atom stereocenters. The van der Waals surface area contributed by atoms with E-state index in [2.05, 4.69) is 20.9 Å². The Balaban J connectivity index is 1.94. The zero-order valence-electron chi connectivity index (χ0n) is 21.5. The molecular formula is C27H28BrN3O5S. The number of nitrogens with zero attached hydrogens (tertiary/aromatic N) is 3. The fourth-order valence-electron chi connectivity index (χ4n) is 4.18. The first kappa shape index (κ1) is 26.7. The van der Waals surface area contributed by atoms with Crippen molar-refractivity contribution in [2.24, 2.45) is 4.99 Å². The summed E-state index contributed by atoms with van der Waals surface area (Å²) in [5.41, 5.74) is 3.18. The lowest BCUT2D eigenvalue weighted by atomic mass is 9.95. The van der Waals surface area contributed by atoms with Gasteiger partial charge >= 0.3 is 5.97 Å². The van der Waals surface area contributed by atoms with Gasteiger partial charge in [-0.2, -0.15) is 0 Å². The van der Waals surface area contributed by atoms with Gasteiger partial charge in [-0.3, -0.25) is 9.36 Å². The molecule has 2 heterocycles. The summed E-state index contributed by atoms with van der Waals surface area (Å²) in [5.74, 6) is 0.634. The van der Waals surface area contributed by atoms with Crippen molar-refractivity contribution in [1.82, 2.24) is 4.57 Å². The zero-order chi connectivity index (χ0) is 26.9. The molecule has 0 spiro atoms. The lowest BCUT2D eigenvalue weighted by molar-refractivity contribution is -0.139. The molecule has 0 aliphatic carbocycles. The maximum Gasteiger partial charge on any atom is 0.338 e. The van der Waals surface area contributed by atoms with Gasteiger partial charge in [0.25, 0.3) is 5.56 Å². The number of ether oxygens (including phenoxy) is 3. The maximum atomic E-state index is 13.8. The van der Waals surface area contributed by atoms with Crippen molar-refractivity contribution in [3.05, 3.63) is 83.0 Å². The molecule has 37 heavy (non-hydrogen) atoms. The highest BCUT2D eigenvalue weighted by Gasteiger charge is 2.33. The fraction of sp³-hybridized carbons (Fsp3) is 0.296. The van der Waals surface area contributed by atoms with E-state index >= 15 is 0 Å². The molecule has 1 aliphatic heterocycles.